The Labute approximate surface area is 151 Å². The van der Waals surface area contributed by atoms with E-state index in [0.29, 0.717) is 17.7 Å². The lowest BCUT2D eigenvalue weighted by molar-refractivity contribution is 0.606. The molecule has 1 heterocycles. The fourth-order valence-electron chi connectivity index (χ4n) is 3.22. The molecule has 26 heavy (non-hydrogen) atoms. The lowest BCUT2D eigenvalue weighted by Crippen LogP contribution is -2.19. The molecule has 0 bridgehead atoms. The minimum Gasteiger partial charge on any atom is -0.254 e. The molecule has 0 aromatic heterocycles. The van der Waals surface area contributed by atoms with Crippen LogP contribution < -0.4 is 5.01 Å². The summed E-state index contributed by atoms with van der Waals surface area (Å²) in [6, 6.07) is 26.1. The molecule has 0 spiro atoms. The van der Waals surface area contributed by atoms with Gasteiger partial charge in [0.1, 0.15) is 5.82 Å². The topological polar surface area (TPSA) is 39.4 Å². The van der Waals surface area contributed by atoms with E-state index in [2.05, 4.69) is 6.07 Å². The lowest BCUT2D eigenvalue weighted by atomic mass is 9.98. The van der Waals surface area contributed by atoms with Crippen LogP contribution in [0.2, 0.25) is 0 Å². The molecule has 3 aromatic rings. The normalized spacial score (nSPS) is 16.2. The van der Waals surface area contributed by atoms with Gasteiger partial charge in [-0.2, -0.15) is 10.4 Å². The molecule has 0 radical (unpaired) electrons. The van der Waals surface area contributed by atoms with Crippen LogP contribution >= 0.6 is 0 Å². The summed E-state index contributed by atoms with van der Waals surface area (Å²) in [5, 5.41) is 15.5. The first kappa shape index (κ1) is 16.0. The molecule has 4 heteroatoms. The Morgan fingerprint density at radius 1 is 0.923 bits per heavy atom. The van der Waals surface area contributed by atoms with Gasteiger partial charge in [0.05, 0.1) is 29.1 Å². The van der Waals surface area contributed by atoms with E-state index in [9.17, 15) is 4.39 Å². The molecule has 0 saturated heterocycles. The van der Waals surface area contributed by atoms with Crippen LogP contribution in [0.15, 0.2) is 84.0 Å². The van der Waals surface area contributed by atoms with Crippen LogP contribution in [-0.2, 0) is 0 Å². The molecule has 3 aromatic carbocycles. The standard InChI is InChI=1S/C22H16FN3/c23-19-8-4-5-9-21(19)26-22(18-6-2-1-3-7-18)14-20(25-26)17-12-10-16(15-24)11-13-17/h1-13,22H,14H2/t22-/m0/s1. The predicted octanol–water partition coefficient (Wildman–Crippen LogP) is 5.05. The van der Waals surface area contributed by atoms with Crippen LogP contribution in [0.5, 0.6) is 0 Å². The third kappa shape index (κ3) is 2.96. The van der Waals surface area contributed by atoms with Gasteiger partial charge in [-0.05, 0) is 35.4 Å². The summed E-state index contributed by atoms with van der Waals surface area (Å²) in [7, 11) is 0. The number of nitrogens with zero attached hydrogens (tertiary/aromatic N) is 3. The highest BCUT2D eigenvalue weighted by atomic mass is 19.1. The van der Waals surface area contributed by atoms with Crippen molar-refractivity contribution in [3.8, 4) is 6.07 Å². The van der Waals surface area contributed by atoms with E-state index in [1.165, 1.54) is 6.07 Å². The summed E-state index contributed by atoms with van der Waals surface area (Å²) in [6.45, 7) is 0. The summed E-state index contributed by atoms with van der Waals surface area (Å²) in [4.78, 5) is 0. The van der Waals surface area contributed by atoms with Crippen molar-refractivity contribution < 1.29 is 4.39 Å². The molecular weight excluding hydrogens is 325 g/mol. The van der Waals surface area contributed by atoms with E-state index in [0.717, 1.165) is 16.8 Å². The number of para-hydroxylation sites is 1. The summed E-state index contributed by atoms with van der Waals surface area (Å²) < 4.78 is 14.4. The highest BCUT2D eigenvalue weighted by Crippen LogP contribution is 2.37. The number of anilines is 1. The van der Waals surface area contributed by atoms with Crippen molar-refractivity contribution >= 4 is 11.4 Å². The van der Waals surface area contributed by atoms with Crippen molar-refractivity contribution in [3.63, 3.8) is 0 Å². The van der Waals surface area contributed by atoms with Gasteiger partial charge in [0.25, 0.3) is 0 Å². The average Bonchev–Trinajstić information content (AvgIpc) is 3.14. The van der Waals surface area contributed by atoms with Crippen LogP contribution in [0.25, 0.3) is 0 Å². The molecule has 1 aliphatic rings. The van der Waals surface area contributed by atoms with E-state index in [1.54, 1.807) is 29.3 Å². The van der Waals surface area contributed by atoms with E-state index in [4.69, 9.17) is 10.4 Å². The molecule has 0 amide bonds. The zero-order valence-corrected chi connectivity index (χ0v) is 14.0. The molecule has 0 aliphatic carbocycles. The van der Waals surface area contributed by atoms with Crippen molar-refractivity contribution in [1.82, 2.24) is 0 Å². The monoisotopic (exact) mass is 341 g/mol. The molecule has 1 aliphatic heterocycles. The van der Waals surface area contributed by atoms with Crippen molar-refractivity contribution in [2.24, 2.45) is 5.10 Å². The first-order valence-electron chi connectivity index (χ1n) is 8.43. The Bertz CT molecular complexity index is 988. The summed E-state index contributed by atoms with van der Waals surface area (Å²) in [5.41, 5.74) is 3.99. The van der Waals surface area contributed by atoms with Crippen molar-refractivity contribution in [3.05, 3.63) is 101 Å². The Morgan fingerprint density at radius 3 is 2.31 bits per heavy atom. The van der Waals surface area contributed by atoms with E-state index < -0.39 is 0 Å². The molecule has 0 N–H and O–H groups in total. The minimum atomic E-state index is -0.293. The Morgan fingerprint density at radius 2 is 1.62 bits per heavy atom. The van der Waals surface area contributed by atoms with E-state index >= 15 is 0 Å². The van der Waals surface area contributed by atoms with Crippen LogP contribution in [0.1, 0.15) is 29.2 Å². The van der Waals surface area contributed by atoms with Gasteiger partial charge in [-0.1, -0.05) is 54.6 Å². The number of halogens is 1. The van der Waals surface area contributed by atoms with E-state index in [1.807, 2.05) is 48.5 Å². The fourth-order valence-corrected chi connectivity index (χ4v) is 3.22. The molecular formula is C22H16FN3. The summed E-state index contributed by atoms with van der Waals surface area (Å²) in [6.07, 6.45) is 0.671. The van der Waals surface area contributed by atoms with Crippen molar-refractivity contribution in [2.75, 3.05) is 5.01 Å². The SMILES string of the molecule is N#Cc1ccc(C2=NN(c3ccccc3F)[C@H](c3ccccc3)C2)cc1. The average molecular weight is 341 g/mol. The highest BCUT2D eigenvalue weighted by Gasteiger charge is 2.31. The number of nitriles is 1. The zero-order valence-electron chi connectivity index (χ0n) is 14.0. The quantitative estimate of drug-likeness (QED) is 0.668. The Balaban J connectivity index is 1.76. The molecule has 0 saturated carbocycles. The van der Waals surface area contributed by atoms with E-state index in [-0.39, 0.29) is 11.9 Å². The highest BCUT2D eigenvalue weighted by molar-refractivity contribution is 6.03. The van der Waals surface area contributed by atoms with Gasteiger partial charge in [0, 0.05) is 6.42 Å². The number of hydrogen-bond donors (Lipinski definition) is 0. The molecule has 1 atom stereocenters. The second-order valence-corrected chi connectivity index (χ2v) is 6.16. The molecule has 3 nitrogen and oxygen atoms in total. The number of rotatable bonds is 3. The van der Waals surface area contributed by atoms with Crippen LogP contribution in [-0.4, -0.2) is 5.71 Å². The fraction of sp³-hybridized carbons (Fsp3) is 0.0909. The number of benzene rings is 3. The number of hydrazone groups is 1. The maximum atomic E-state index is 14.4. The maximum absolute atomic E-state index is 14.4. The van der Waals surface area contributed by atoms with Gasteiger partial charge >= 0.3 is 0 Å². The van der Waals surface area contributed by atoms with Gasteiger partial charge in [-0.25, -0.2) is 4.39 Å². The maximum Gasteiger partial charge on any atom is 0.148 e. The summed E-state index contributed by atoms with van der Waals surface area (Å²) >= 11 is 0. The second kappa shape index (κ2) is 6.81. The minimum absolute atomic E-state index is 0.0706. The molecule has 0 fully saturated rings. The summed E-state index contributed by atoms with van der Waals surface area (Å²) in [5.74, 6) is -0.293. The van der Waals surface area contributed by atoms with Gasteiger partial charge in [-0.3, -0.25) is 5.01 Å². The third-order valence-corrected chi connectivity index (χ3v) is 4.54. The third-order valence-electron chi connectivity index (χ3n) is 4.54. The van der Waals surface area contributed by atoms with Crippen LogP contribution in [0.3, 0.4) is 0 Å². The van der Waals surface area contributed by atoms with Crippen LogP contribution in [0.4, 0.5) is 10.1 Å². The van der Waals surface area contributed by atoms with Gasteiger partial charge < -0.3 is 0 Å². The van der Waals surface area contributed by atoms with Crippen LogP contribution in [0, 0.1) is 17.1 Å². The van der Waals surface area contributed by atoms with Gasteiger partial charge in [-0.15, -0.1) is 0 Å². The zero-order chi connectivity index (χ0) is 17.9. The lowest BCUT2D eigenvalue weighted by Gasteiger charge is -2.24. The molecule has 4 rings (SSSR count). The number of hydrogen-bond acceptors (Lipinski definition) is 3. The predicted molar refractivity (Wildman–Crippen MR) is 100 cm³/mol. The van der Waals surface area contributed by atoms with Gasteiger partial charge in [0.15, 0.2) is 0 Å². The first-order chi connectivity index (χ1) is 12.8. The van der Waals surface area contributed by atoms with Gasteiger partial charge in [0.2, 0.25) is 0 Å². The Hall–Kier alpha value is -3.45. The Kier molecular flexibility index (Phi) is 4.20. The first-order valence-corrected chi connectivity index (χ1v) is 8.43. The smallest absolute Gasteiger partial charge is 0.148 e. The van der Waals surface area contributed by atoms with Crippen molar-refractivity contribution in [1.29, 1.82) is 5.26 Å². The van der Waals surface area contributed by atoms with Crippen molar-refractivity contribution in [2.45, 2.75) is 12.5 Å². The molecule has 126 valence electrons. The second-order valence-electron chi connectivity index (χ2n) is 6.16. The molecule has 0 unspecified atom stereocenters. The largest absolute Gasteiger partial charge is 0.254 e.